The molecule has 2 aromatic rings. The highest BCUT2D eigenvalue weighted by Crippen LogP contribution is 2.18. The van der Waals surface area contributed by atoms with Crippen molar-refractivity contribution in [3.8, 4) is 5.75 Å². The Hall–Kier alpha value is -2.83. The highest BCUT2D eigenvalue weighted by molar-refractivity contribution is 5.74. The largest absolute Gasteiger partial charge is 0.492 e. The van der Waals surface area contributed by atoms with Crippen LogP contribution in [0.3, 0.4) is 0 Å². The standard InChI is InChI=1S/C22H31N5O2/c1-16(2)21-24-18(4)15-20(25-21)26-10-12-27(13-11-26)22(28)23-9-14-29-19-7-5-17(3)6-8-19/h5-8,15-16H,9-14H2,1-4H3,(H,23,28). The van der Waals surface area contributed by atoms with Crippen LogP contribution in [0, 0.1) is 13.8 Å². The molecule has 7 heteroatoms. The molecule has 1 aromatic carbocycles. The number of nitrogens with one attached hydrogen (secondary N) is 1. The molecule has 156 valence electrons. The van der Waals surface area contributed by atoms with Crippen LogP contribution in [0.4, 0.5) is 10.6 Å². The number of benzene rings is 1. The second-order valence-corrected chi connectivity index (χ2v) is 7.75. The van der Waals surface area contributed by atoms with Crippen LogP contribution in [0.2, 0.25) is 0 Å². The van der Waals surface area contributed by atoms with Crippen LogP contribution in [0.15, 0.2) is 30.3 Å². The summed E-state index contributed by atoms with van der Waals surface area (Å²) in [5.74, 6) is 2.93. The average molecular weight is 398 g/mol. The molecule has 1 N–H and O–H groups in total. The number of carbonyl (C=O) groups is 1. The normalized spacial score (nSPS) is 14.2. The first-order valence-electron chi connectivity index (χ1n) is 10.2. The third-order valence-electron chi connectivity index (χ3n) is 4.93. The molecule has 0 aliphatic carbocycles. The van der Waals surface area contributed by atoms with Crippen LogP contribution in [0.25, 0.3) is 0 Å². The summed E-state index contributed by atoms with van der Waals surface area (Å²) in [6.07, 6.45) is 0. The fraction of sp³-hybridized carbons (Fsp3) is 0.500. The van der Waals surface area contributed by atoms with Crippen molar-refractivity contribution in [1.29, 1.82) is 0 Å². The van der Waals surface area contributed by atoms with Gasteiger partial charge < -0.3 is 19.9 Å². The van der Waals surface area contributed by atoms with Crippen LogP contribution in [0.5, 0.6) is 5.75 Å². The molecule has 0 saturated carbocycles. The molecule has 1 aliphatic rings. The van der Waals surface area contributed by atoms with E-state index >= 15 is 0 Å². The Bertz CT molecular complexity index is 814. The molecule has 0 spiro atoms. The summed E-state index contributed by atoms with van der Waals surface area (Å²) < 4.78 is 5.66. The first-order valence-corrected chi connectivity index (χ1v) is 10.2. The van der Waals surface area contributed by atoms with E-state index < -0.39 is 0 Å². The van der Waals surface area contributed by atoms with Gasteiger partial charge in [-0.15, -0.1) is 0 Å². The van der Waals surface area contributed by atoms with E-state index in [1.807, 2.05) is 49.1 Å². The number of ether oxygens (including phenoxy) is 1. The Morgan fingerprint density at radius 1 is 1.10 bits per heavy atom. The number of hydrogen-bond donors (Lipinski definition) is 1. The quantitative estimate of drug-likeness (QED) is 0.759. The number of hydrogen-bond acceptors (Lipinski definition) is 5. The van der Waals surface area contributed by atoms with Crippen molar-refractivity contribution in [3.63, 3.8) is 0 Å². The fourth-order valence-corrected chi connectivity index (χ4v) is 3.21. The van der Waals surface area contributed by atoms with E-state index in [9.17, 15) is 4.79 Å². The Morgan fingerprint density at radius 3 is 2.45 bits per heavy atom. The van der Waals surface area contributed by atoms with E-state index in [1.165, 1.54) is 5.56 Å². The Labute approximate surface area is 173 Å². The summed E-state index contributed by atoms with van der Waals surface area (Å²) >= 11 is 0. The lowest BCUT2D eigenvalue weighted by molar-refractivity contribution is 0.191. The SMILES string of the molecule is Cc1ccc(OCCNC(=O)N2CCN(c3cc(C)nc(C(C)C)n3)CC2)cc1. The molecule has 0 radical (unpaired) electrons. The first kappa shape index (κ1) is 20.9. The van der Waals surface area contributed by atoms with Gasteiger partial charge in [-0.3, -0.25) is 0 Å². The summed E-state index contributed by atoms with van der Waals surface area (Å²) in [5.41, 5.74) is 2.18. The van der Waals surface area contributed by atoms with Crippen molar-refractivity contribution in [2.45, 2.75) is 33.6 Å². The predicted molar refractivity (Wildman–Crippen MR) is 115 cm³/mol. The van der Waals surface area contributed by atoms with Crippen molar-refractivity contribution in [3.05, 3.63) is 47.4 Å². The maximum atomic E-state index is 12.4. The lowest BCUT2D eigenvalue weighted by atomic mass is 10.2. The molecule has 1 fully saturated rings. The van der Waals surface area contributed by atoms with Gasteiger partial charge in [0.25, 0.3) is 0 Å². The number of nitrogens with zero attached hydrogens (tertiary/aromatic N) is 4. The van der Waals surface area contributed by atoms with Gasteiger partial charge in [0.05, 0.1) is 6.54 Å². The summed E-state index contributed by atoms with van der Waals surface area (Å²) in [6, 6.07) is 9.88. The number of carbonyl (C=O) groups excluding carboxylic acids is 1. The minimum atomic E-state index is -0.0427. The maximum absolute atomic E-state index is 12.4. The Balaban J connectivity index is 1.43. The van der Waals surface area contributed by atoms with Gasteiger partial charge in [0, 0.05) is 43.9 Å². The number of amides is 2. The molecule has 0 unspecified atom stereocenters. The van der Waals surface area contributed by atoms with Crippen LogP contribution in [-0.4, -0.2) is 60.2 Å². The zero-order chi connectivity index (χ0) is 20.8. The van der Waals surface area contributed by atoms with E-state index in [-0.39, 0.29) is 6.03 Å². The molecular formula is C22H31N5O2. The maximum Gasteiger partial charge on any atom is 0.317 e. The van der Waals surface area contributed by atoms with Gasteiger partial charge in [-0.05, 0) is 26.0 Å². The monoisotopic (exact) mass is 397 g/mol. The molecule has 7 nitrogen and oxygen atoms in total. The number of rotatable bonds is 6. The summed E-state index contributed by atoms with van der Waals surface area (Å²) in [6.45, 7) is 12.0. The van der Waals surface area contributed by atoms with Crippen molar-refractivity contribution >= 4 is 11.8 Å². The summed E-state index contributed by atoms with van der Waals surface area (Å²) in [7, 11) is 0. The van der Waals surface area contributed by atoms with Gasteiger partial charge in [0.1, 0.15) is 24.0 Å². The van der Waals surface area contributed by atoms with Crippen LogP contribution >= 0.6 is 0 Å². The van der Waals surface area contributed by atoms with Gasteiger partial charge in [-0.2, -0.15) is 0 Å². The van der Waals surface area contributed by atoms with Crippen LogP contribution in [0.1, 0.15) is 36.8 Å². The number of aromatic nitrogens is 2. The highest BCUT2D eigenvalue weighted by Gasteiger charge is 2.22. The second kappa shape index (κ2) is 9.58. The topological polar surface area (TPSA) is 70.6 Å². The zero-order valence-electron chi connectivity index (χ0n) is 17.8. The van der Waals surface area contributed by atoms with Crippen molar-refractivity contribution < 1.29 is 9.53 Å². The zero-order valence-corrected chi connectivity index (χ0v) is 17.8. The number of urea groups is 1. The third-order valence-corrected chi connectivity index (χ3v) is 4.93. The minimum absolute atomic E-state index is 0.0427. The average Bonchev–Trinajstić information content (AvgIpc) is 2.72. The molecule has 1 aromatic heterocycles. The smallest absolute Gasteiger partial charge is 0.317 e. The molecule has 0 atom stereocenters. The van der Waals surface area contributed by atoms with Crippen molar-refractivity contribution in [2.75, 3.05) is 44.2 Å². The van der Waals surface area contributed by atoms with Crippen molar-refractivity contribution in [1.82, 2.24) is 20.2 Å². The molecule has 2 heterocycles. The second-order valence-electron chi connectivity index (χ2n) is 7.75. The summed E-state index contributed by atoms with van der Waals surface area (Å²) in [4.78, 5) is 25.7. The van der Waals surface area contributed by atoms with E-state index in [1.54, 1.807) is 0 Å². The Morgan fingerprint density at radius 2 is 1.79 bits per heavy atom. The Kier molecular flexibility index (Phi) is 6.90. The third kappa shape index (κ3) is 5.82. The van der Waals surface area contributed by atoms with Crippen molar-refractivity contribution in [2.24, 2.45) is 0 Å². The number of piperazine rings is 1. The van der Waals surface area contributed by atoms with Gasteiger partial charge in [0.2, 0.25) is 0 Å². The van der Waals surface area contributed by atoms with Gasteiger partial charge >= 0.3 is 6.03 Å². The molecule has 1 aliphatic heterocycles. The molecule has 29 heavy (non-hydrogen) atoms. The van der Waals surface area contributed by atoms with Crippen LogP contribution < -0.4 is 15.0 Å². The number of aryl methyl sites for hydroxylation is 2. The lowest BCUT2D eigenvalue weighted by Crippen LogP contribution is -2.52. The molecule has 2 amide bonds. The lowest BCUT2D eigenvalue weighted by Gasteiger charge is -2.35. The van der Waals surface area contributed by atoms with Gasteiger partial charge in [-0.25, -0.2) is 14.8 Å². The first-order chi connectivity index (χ1) is 13.9. The predicted octanol–water partition coefficient (Wildman–Crippen LogP) is 3.13. The van der Waals surface area contributed by atoms with Crippen LogP contribution in [-0.2, 0) is 0 Å². The molecule has 3 rings (SSSR count). The summed E-state index contributed by atoms with van der Waals surface area (Å²) in [5, 5.41) is 2.94. The van der Waals surface area contributed by atoms with E-state index in [2.05, 4.69) is 29.0 Å². The van der Waals surface area contributed by atoms with Gasteiger partial charge in [-0.1, -0.05) is 31.5 Å². The van der Waals surface area contributed by atoms with Gasteiger partial charge in [0.15, 0.2) is 0 Å². The minimum Gasteiger partial charge on any atom is -0.492 e. The molecular weight excluding hydrogens is 366 g/mol. The highest BCUT2D eigenvalue weighted by atomic mass is 16.5. The van der Waals surface area contributed by atoms with E-state index in [0.29, 0.717) is 32.2 Å². The fourth-order valence-electron chi connectivity index (χ4n) is 3.21. The molecule has 1 saturated heterocycles. The van der Waals surface area contributed by atoms with E-state index in [0.717, 1.165) is 36.2 Å². The number of anilines is 1. The van der Waals surface area contributed by atoms with E-state index in [4.69, 9.17) is 9.72 Å². The molecule has 0 bridgehead atoms.